The Labute approximate surface area is 74.3 Å². The van der Waals surface area contributed by atoms with Crippen LogP contribution in [0, 0.1) is 0 Å². The summed E-state index contributed by atoms with van der Waals surface area (Å²) in [5, 5.41) is 2.72. The van der Waals surface area contributed by atoms with Crippen molar-refractivity contribution >= 4 is 23.3 Å². The van der Waals surface area contributed by atoms with Crippen molar-refractivity contribution in [3.8, 4) is 0 Å². The average Bonchev–Trinajstić information content (AvgIpc) is 2.04. The molecular formula is C7H6ClN3O. The molecule has 0 aliphatic heterocycles. The van der Waals surface area contributed by atoms with E-state index >= 15 is 0 Å². The summed E-state index contributed by atoms with van der Waals surface area (Å²) in [6.45, 7) is 3.29. The third-order valence-electron chi connectivity index (χ3n) is 1.07. The van der Waals surface area contributed by atoms with Gasteiger partial charge in [0.1, 0.15) is 17.3 Å². The average molecular weight is 184 g/mol. The molecule has 0 saturated heterocycles. The van der Waals surface area contributed by atoms with Gasteiger partial charge in [-0.1, -0.05) is 18.2 Å². The van der Waals surface area contributed by atoms with Gasteiger partial charge in [0.25, 0.3) is 0 Å². The first kappa shape index (κ1) is 8.67. The number of anilines is 1. The number of hydrogen-bond donors (Lipinski definition) is 1. The van der Waals surface area contributed by atoms with Gasteiger partial charge in [-0.15, -0.1) is 0 Å². The summed E-state index contributed by atoms with van der Waals surface area (Å²) in [7, 11) is 0. The number of rotatable bonds is 2. The van der Waals surface area contributed by atoms with Crippen LogP contribution < -0.4 is 5.32 Å². The number of halogens is 1. The third-order valence-corrected chi connectivity index (χ3v) is 1.28. The van der Waals surface area contributed by atoms with E-state index in [2.05, 4.69) is 21.9 Å². The van der Waals surface area contributed by atoms with Gasteiger partial charge in [-0.25, -0.2) is 9.97 Å². The molecule has 1 heterocycles. The minimum Gasteiger partial charge on any atom is -0.307 e. The Bertz CT molecular complexity index is 313. The van der Waals surface area contributed by atoms with Gasteiger partial charge in [-0.2, -0.15) is 0 Å². The number of carbonyl (C=O) groups excluding carboxylic acids is 1. The smallest absolute Gasteiger partial charge is 0.248 e. The van der Waals surface area contributed by atoms with Crippen LogP contribution in [-0.2, 0) is 4.79 Å². The zero-order valence-corrected chi connectivity index (χ0v) is 6.88. The van der Waals surface area contributed by atoms with Crippen LogP contribution in [0.1, 0.15) is 0 Å². The van der Waals surface area contributed by atoms with Gasteiger partial charge in [-0.3, -0.25) is 4.79 Å². The standard InChI is InChI=1S/C7H6ClN3O/c1-2-7(12)11-6-3-5(8)9-4-10-6/h2-4H,1H2,(H,9,10,11,12). The molecule has 12 heavy (non-hydrogen) atoms. The maximum Gasteiger partial charge on any atom is 0.248 e. The Morgan fingerprint density at radius 3 is 3.00 bits per heavy atom. The lowest BCUT2D eigenvalue weighted by atomic mass is 10.5. The number of nitrogens with one attached hydrogen (secondary N) is 1. The predicted octanol–water partition coefficient (Wildman–Crippen LogP) is 1.25. The van der Waals surface area contributed by atoms with Gasteiger partial charge in [0.2, 0.25) is 5.91 Å². The van der Waals surface area contributed by atoms with E-state index in [0.29, 0.717) is 5.82 Å². The molecule has 1 N–H and O–H groups in total. The van der Waals surface area contributed by atoms with E-state index in [1.165, 1.54) is 12.4 Å². The molecule has 0 spiro atoms. The second-order valence-corrected chi connectivity index (χ2v) is 2.31. The van der Waals surface area contributed by atoms with Crippen LogP contribution in [0.2, 0.25) is 5.15 Å². The molecule has 62 valence electrons. The fraction of sp³-hybridized carbons (Fsp3) is 0. The van der Waals surface area contributed by atoms with Gasteiger partial charge in [0, 0.05) is 6.07 Å². The Hall–Kier alpha value is -1.42. The molecule has 1 aromatic heterocycles. The van der Waals surface area contributed by atoms with E-state index in [4.69, 9.17) is 11.6 Å². The Morgan fingerprint density at radius 1 is 1.67 bits per heavy atom. The van der Waals surface area contributed by atoms with Crippen molar-refractivity contribution in [3.05, 3.63) is 30.2 Å². The summed E-state index contributed by atoms with van der Waals surface area (Å²) in [4.78, 5) is 18.2. The first-order valence-electron chi connectivity index (χ1n) is 3.13. The van der Waals surface area contributed by atoms with Crippen molar-refractivity contribution in [2.24, 2.45) is 0 Å². The quantitative estimate of drug-likeness (QED) is 0.555. The normalized spacial score (nSPS) is 9.08. The lowest BCUT2D eigenvalue weighted by Crippen LogP contribution is -2.08. The minimum absolute atomic E-state index is 0.282. The van der Waals surface area contributed by atoms with Crippen LogP contribution in [0.4, 0.5) is 5.82 Å². The number of hydrogen-bond acceptors (Lipinski definition) is 3. The zero-order valence-electron chi connectivity index (χ0n) is 6.12. The summed E-state index contributed by atoms with van der Waals surface area (Å²) < 4.78 is 0. The molecule has 0 radical (unpaired) electrons. The highest BCUT2D eigenvalue weighted by atomic mass is 35.5. The van der Waals surface area contributed by atoms with Crippen molar-refractivity contribution in [2.75, 3.05) is 5.32 Å². The molecule has 0 saturated carbocycles. The first-order chi connectivity index (χ1) is 5.72. The number of nitrogens with zero attached hydrogens (tertiary/aromatic N) is 2. The molecule has 0 bridgehead atoms. The molecule has 0 aromatic carbocycles. The summed E-state index contributed by atoms with van der Waals surface area (Å²) in [6, 6.07) is 1.45. The molecule has 0 atom stereocenters. The van der Waals surface area contributed by atoms with E-state index in [0.717, 1.165) is 6.08 Å². The monoisotopic (exact) mass is 183 g/mol. The number of carbonyl (C=O) groups is 1. The second-order valence-electron chi connectivity index (χ2n) is 1.92. The van der Waals surface area contributed by atoms with E-state index in [-0.39, 0.29) is 11.1 Å². The van der Waals surface area contributed by atoms with Crippen LogP contribution in [0.5, 0.6) is 0 Å². The number of aromatic nitrogens is 2. The highest BCUT2D eigenvalue weighted by molar-refractivity contribution is 6.29. The first-order valence-corrected chi connectivity index (χ1v) is 3.51. The van der Waals surface area contributed by atoms with Crippen molar-refractivity contribution in [3.63, 3.8) is 0 Å². The summed E-state index contributed by atoms with van der Waals surface area (Å²) in [5.41, 5.74) is 0. The molecule has 0 aliphatic carbocycles. The van der Waals surface area contributed by atoms with Crippen molar-refractivity contribution in [1.82, 2.24) is 9.97 Å². The molecular weight excluding hydrogens is 178 g/mol. The van der Waals surface area contributed by atoms with Crippen molar-refractivity contribution in [2.45, 2.75) is 0 Å². The zero-order chi connectivity index (χ0) is 8.97. The predicted molar refractivity (Wildman–Crippen MR) is 45.9 cm³/mol. The van der Waals surface area contributed by atoms with Crippen LogP contribution >= 0.6 is 11.6 Å². The second kappa shape index (κ2) is 3.82. The van der Waals surface area contributed by atoms with E-state index in [1.807, 2.05) is 0 Å². The van der Waals surface area contributed by atoms with Gasteiger partial charge < -0.3 is 5.32 Å². The van der Waals surface area contributed by atoms with Gasteiger partial charge in [-0.05, 0) is 6.08 Å². The van der Waals surface area contributed by atoms with Crippen LogP contribution in [0.15, 0.2) is 25.0 Å². The molecule has 1 rings (SSSR count). The molecule has 0 aliphatic rings. The lowest BCUT2D eigenvalue weighted by Gasteiger charge is -1.98. The molecule has 1 aromatic rings. The fourth-order valence-corrected chi connectivity index (χ4v) is 0.726. The fourth-order valence-electron chi connectivity index (χ4n) is 0.579. The molecule has 5 heteroatoms. The Balaban J connectivity index is 2.76. The summed E-state index contributed by atoms with van der Waals surface area (Å²) in [5.74, 6) is 0.0321. The molecule has 4 nitrogen and oxygen atoms in total. The SMILES string of the molecule is C=CC(=O)Nc1cc(Cl)ncn1. The summed E-state index contributed by atoms with van der Waals surface area (Å²) in [6.07, 6.45) is 2.41. The molecule has 0 unspecified atom stereocenters. The minimum atomic E-state index is -0.329. The van der Waals surface area contributed by atoms with Crippen LogP contribution in [0.3, 0.4) is 0 Å². The van der Waals surface area contributed by atoms with Gasteiger partial charge in [0.15, 0.2) is 0 Å². The van der Waals surface area contributed by atoms with Crippen molar-refractivity contribution in [1.29, 1.82) is 0 Å². The van der Waals surface area contributed by atoms with Crippen LogP contribution in [-0.4, -0.2) is 15.9 Å². The van der Waals surface area contributed by atoms with E-state index < -0.39 is 0 Å². The van der Waals surface area contributed by atoms with Gasteiger partial charge >= 0.3 is 0 Å². The Kier molecular flexibility index (Phi) is 2.76. The molecule has 0 fully saturated rings. The van der Waals surface area contributed by atoms with Crippen LogP contribution in [0.25, 0.3) is 0 Å². The number of amides is 1. The van der Waals surface area contributed by atoms with E-state index in [1.54, 1.807) is 0 Å². The Morgan fingerprint density at radius 2 is 2.42 bits per heavy atom. The largest absolute Gasteiger partial charge is 0.307 e. The van der Waals surface area contributed by atoms with E-state index in [9.17, 15) is 4.79 Å². The third kappa shape index (κ3) is 2.32. The lowest BCUT2D eigenvalue weighted by molar-refractivity contribution is -0.111. The summed E-state index contributed by atoms with van der Waals surface area (Å²) >= 11 is 5.54. The van der Waals surface area contributed by atoms with Gasteiger partial charge in [0.05, 0.1) is 0 Å². The highest BCUT2D eigenvalue weighted by Gasteiger charge is 1.98. The topological polar surface area (TPSA) is 54.9 Å². The maximum atomic E-state index is 10.8. The highest BCUT2D eigenvalue weighted by Crippen LogP contribution is 2.07. The van der Waals surface area contributed by atoms with Crippen molar-refractivity contribution < 1.29 is 4.79 Å². The molecule has 1 amide bonds. The maximum absolute atomic E-state index is 10.8.